The Bertz CT molecular complexity index is 440. The summed E-state index contributed by atoms with van der Waals surface area (Å²) in [6.07, 6.45) is 0. The summed E-state index contributed by atoms with van der Waals surface area (Å²) >= 11 is 0. The molecule has 0 spiro atoms. The van der Waals surface area contributed by atoms with Gasteiger partial charge in [-0.2, -0.15) is 0 Å². The number of aryl methyl sites for hydroxylation is 2. The molecule has 1 aromatic carbocycles. The van der Waals surface area contributed by atoms with E-state index < -0.39 is 0 Å². The monoisotopic (exact) mass is 263 g/mol. The molecule has 1 heterocycles. The Morgan fingerprint density at radius 1 is 1.21 bits per heavy atom. The Hall–Kier alpha value is -1.26. The van der Waals surface area contributed by atoms with E-state index in [0.29, 0.717) is 0 Å². The maximum absolute atomic E-state index is 5.58. The Labute approximate surface area is 116 Å². The third kappa shape index (κ3) is 3.19. The minimum Gasteiger partial charge on any atom is -0.494 e. The summed E-state index contributed by atoms with van der Waals surface area (Å²) < 4.78 is 5.58. The van der Waals surface area contributed by atoms with Gasteiger partial charge >= 0.3 is 0 Å². The van der Waals surface area contributed by atoms with Gasteiger partial charge in [-0.3, -0.25) is 4.90 Å². The maximum Gasteiger partial charge on any atom is 0.145 e. The van der Waals surface area contributed by atoms with Crippen LogP contribution in [0, 0.1) is 20.8 Å². The van der Waals surface area contributed by atoms with E-state index in [1.807, 2.05) is 0 Å². The third-order valence-corrected chi connectivity index (χ3v) is 3.88. The Morgan fingerprint density at radius 2 is 1.89 bits per heavy atom. The average molecular weight is 263 g/mol. The molecule has 0 amide bonds. The van der Waals surface area contributed by atoms with Gasteiger partial charge < -0.3 is 15.4 Å². The number of anilines is 1. The number of hydrogen-bond donors (Lipinski definition) is 2. The highest BCUT2D eigenvalue weighted by molar-refractivity contribution is 5.66. The van der Waals surface area contributed by atoms with E-state index in [1.165, 1.54) is 16.7 Å². The SMILES string of the molecule is COc1c(C)c(C)cc(C)c1NCN1CCNCC1. The van der Waals surface area contributed by atoms with E-state index in [9.17, 15) is 0 Å². The highest BCUT2D eigenvalue weighted by Crippen LogP contribution is 2.34. The molecule has 0 atom stereocenters. The first-order chi connectivity index (χ1) is 9.13. The number of ether oxygens (including phenoxy) is 1. The van der Waals surface area contributed by atoms with Gasteiger partial charge in [0.05, 0.1) is 19.5 Å². The number of hydrogen-bond acceptors (Lipinski definition) is 4. The minimum atomic E-state index is 0.876. The first kappa shape index (κ1) is 14.2. The molecule has 2 rings (SSSR count). The zero-order chi connectivity index (χ0) is 13.8. The second-order valence-electron chi connectivity index (χ2n) is 5.25. The van der Waals surface area contributed by atoms with Gasteiger partial charge in [0, 0.05) is 26.2 Å². The van der Waals surface area contributed by atoms with Gasteiger partial charge in [0.15, 0.2) is 0 Å². The lowest BCUT2D eigenvalue weighted by Crippen LogP contribution is -2.45. The van der Waals surface area contributed by atoms with Crippen molar-refractivity contribution in [1.82, 2.24) is 10.2 Å². The van der Waals surface area contributed by atoms with Gasteiger partial charge in [-0.25, -0.2) is 0 Å². The first-order valence-electron chi connectivity index (χ1n) is 6.95. The van der Waals surface area contributed by atoms with Crippen molar-refractivity contribution in [3.8, 4) is 5.75 Å². The average Bonchev–Trinajstić information content (AvgIpc) is 2.42. The Kier molecular flexibility index (Phi) is 4.66. The van der Waals surface area contributed by atoms with Crippen molar-refractivity contribution in [2.24, 2.45) is 0 Å². The zero-order valence-electron chi connectivity index (χ0n) is 12.5. The van der Waals surface area contributed by atoms with Gasteiger partial charge in [0.25, 0.3) is 0 Å². The van der Waals surface area contributed by atoms with Crippen LogP contribution in [0.4, 0.5) is 5.69 Å². The van der Waals surface area contributed by atoms with E-state index in [-0.39, 0.29) is 0 Å². The topological polar surface area (TPSA) is 36.5 Å². The number of benzene rings is 1. The molecule has 0 bridgehead atoms. The third-order valence-electron chi connectivity index (χ3n) is 3.88. The lowest BCUT2D eigenvalue weighted by atomic mass is 10.0. The molecule has 106 valence electrons. The molecule has 2 N–H and O–H groups in total. The van der Waals surface area contributed by atoms with Crippen LogP contribution in [0.3, 0.4) is 0 Å². The Balaban J connectivity index is 2.12. The summed E-state index contributed by atoms with van der Waals surface area (Å²) in [7, 11) is 1.75. The molecule has 0 aliphatic carbocycles. The number of nitrogens with one attached hydrogen (secondary N) is 2. The van der Waals surface area contributed by atoms with E-state index in [0.717, 1.165) is 44.3 Å². The van der Waals surface area contributed by atoms with E-state index in [4.69, 9.17) is 4.74 Å². The minimum absolute atomic E-state index is 0.876. The molecule has 1 aliphatic heterocycles. The molecule has 19 heavy (non-hydrogen) atoms. The first-order valence-corrected chi connectivity index (χ1v) is 6.95. The fourth-order valence-electron chi connectivity index (χ4n) is 2.59. The molecule has 0 saturated carbocycles. The second-order valence-corrected chi connectivity index (χ2v) is 5.25. The van der Waals surface area contributed by atoms with Gasteiger partial charge in [-0.1, -0.05) is 6.07 Å². The van der Waals surface area contributed by atoms with E-state index in [1.54, 1.807) is 7.11 Å². The summed E-state index contributed by atoms with van der Waals surface area (Å²) in [6.45, 7) is 11.6. The largest absolute Gasteiger partial charge is 0.494 e. The molecule has 1 aliphatic rings. The van der Waals surface area contributed by atoms with E-state index in [2.05, 4.69) is 42.4 Å². The van der Waals surface area contributed by atoms with Gasteiger partial charge in [0.1, 0.15) is 5.75 Å². The molecular formula is C15H25N3O. The van der Waals surface area contributed by atoms with Crippen molar-refractivity contribution < 1.29 is 4.74 Å². The zero-order valence-corrected chi connectivity index (χ0v) is 12.5. The number of methoxy groups -OCH3 is 1. The van der Waals surface area contributed by atoms with Crippen molar-refractivity contribution in [1.29, 1.82) is 0 Å². The standard InChI is InChI=1S/C15H25N3O/c1-11-9-12(2)14(15(19-4)13(11)3)17-10-18-7-5-16-6-8-18/h9,16-17H,5-8,10H2,1-4H3. The van der Waals surface area contributed by atoms with Crippen molar-refractivity contribution in [2.45, 2.75) is 20.8 Å². The smallest absolute Gasteiger partial charge is 0.145 e. The van der Waals surface area contributed by atoms with Gasteiger partial charge in [-0.15, -0.1) is 0 Å². The molecule has 0 aromatic heterocycles. The van der Waals surface area contributed by atoms with Crippen LogP contribution in [0.15, 0.2) is 6.07 Å². The summed E-state index contributed by atoms with van der Waals surface area (Å²) in [5.41, 5.74) is 4.87. The second kappa shape index (κ2) is 6.26. The highest BCUT2D eigenvalue weighted by atomic mass is 16.5. The lowest BCUT2D eigenvalue weighted by Gasteiger charge is -2.28. The number of rotatable bonds is 4. The molecule has 4 nitrogen and oxygen atoms in total. The van der Waals surface area contributed by atoms with Gasteiger partial charge in [-0.05, 0) is 37.5 Å². The molecule has 0 unspecified atom stereocenters. The summed E-state index contributed by atoms with van der Waals surface area (Å²) in [4.78, 5) is 2.42. The van der Waals surface area contributed by atoms with E-state index >= 15 is 0 Å². The summed E-state index contributed by atoms with van der Waals surface area (Å²) in [5.74, 6) is 0.979. The van der Waals surface area contributed by atoms with Crippen molar-refractivity contribution >= 4 is 5.69 Å². The fraction of sp³-hybridized carbons (Fsp3) is 0.600. The fourth-order valence-corrected chi connectivity index (χ4v) is 2.59. The Morgan fingerprint density at radius 3 is 2.53 bits per heavy atom. The predicted molar refractivity (Wildman–Crippen MR) is 80.1 cm³/mol. The van der Waals surface area contributed by atoms with Crippen LogP contribution in [0.25, 0.3) is 0 Å². The molecule has 1 saturated heterocycles. The van der Waals surface area contributed by atoms with Crippen molar-refractivity contribution in [2.75, 3.05) is 45.3 Å². The van der Waals surface area contributed by atoms with Crippen molar-refractivity contribution in [3.63, 3.8) is 0 Å². The molecule has 0 radical (unpaired) electrons. The highest BCUT2D eigenvalue weighted by Gasteiger charge is 2.14. The van der Waals surface area contributed by atoms with Crippen LogP contribution in [0.5, 0.6) is 5.75 Å². The van der Waals surface area contributed by atoms with Crippen LogP contribution in [0.1, 0.15) is 16.7 Å². The summed E-state index contributed by atoms with van der Waals surface area (Å²) in [6, 6.07) is 2.22. The summed E-state index contributed by atoms with van der Waals surface area (Å²) in [5, 5.41) is 6.91. The molecule has 1 aromatic rings. The molecule has 1 fully saturated rings. The van der Waals surface area contributed by atoms with Crippen molar-refractivity contribution in [3.05, 3.63) is 22.8 Å². The van der Waals surface area contributed by atoms with Crippen LogP contribution in [-0.2, 0) is 0 Å². The lowest BCUT2D eigenvalue weighted by molar-refractivity contribution is 0.256. The normalized spacial score (nSPS) is 16.4. The number of piperazine rings is 1. The van der Waals surface area contributed by atoms with Crippen LogP contribution in [0.2, 0.25) is 0 Å². The molecular weight excluding hydrogens is 238 g/mol. The molecule has 4 heteroatoms. The quantitative estimate of drug-likeness (QED) is 0.870. The van der Waals surface area contributed by atoms with Gasteiger partial charge in [0.2, 0.25) is 0 Å². The van der Waals surface area contributed by atoms with Crippen LogP contribution < -0.4 is 15.4 Å². The van der Waals surface area contributed by atoms with Crippen LogP contribution >= 0.6 is 0 Å². The maximum atomic E-state index is 5.58. The predicted octanol–water partition coefficient (Wildman–Crippen LogP) is 1.90. The number of nitrogens with zero attached hydrogens (tertiary/aromatic N) is 1. The van der Waals surface area contributed by atoms with Crippen LogP contribution in [-0.4, -0.2) is 44.9 Å².